The van der Waals surface area contributed by atoms with Crippen molar-refractivity contribution in [2.24, 2.45) is 0 Å². The van der Waals surface area contributed by atoms with Crippen LogP contribution in [-0.4, -0.2) is 41.9 Å². The molecule has 0 atom stereocenters. The molecule has 4 aromatic rings. The van der Waals surface area contributed by atoms with E-state index in [1.165, 1.54) is 0 Å². The molecule has 3 heterocycles. The summed E-state index contributed by atoms with van der Waals surface area (Å²) < 4.78 is 9.13. The van der Waals surface area contributed by atoms with Crippen LogP contribution in [0, 0.1) is 0 Å². The number of methoxy groups -OCH3 is 1. The lowest BCUT2D eigenvalue weighted by atomic mass is 10.0. The number of hydrogen-bond donors (Lipinski definition) is 1. The number of nitrogen functional groups attached to an aromatic ring is 1. The number of ether oxygens (including phenoxy) is 1. The zero-order valence-electron chi connectivity index (χ0n) is 17.0. The van der Waals surface area contributed by atoms with Crippen molar-refractivity contribution in [2.45, 2.75) is 39.3 Å². The van der Waals surface area contributed by atoms with Crippen molar-refractivity contribution in [1.82, 2.24) is 34.7 Å². The maximum absolute atomic E-state index is 5.93. The average molecular weight is 392 g/mol. The second-order valence-corrected chi connectivity index (χ2v) is 7.51. The first-order chi connectivity index (χ1) is 13.9. The third kappa shape index (κ3) is 3.51. The van der Waals surface area contributed by atoms with Crippen molar-refractivity contribution < 1.29 is 4.74 Å². The van der Waals surface area contributed by atoms with E-state index in [0.717, 1.165) is 17.5 Å². The first-order valence-electron chi connectivity index (χ1n) is 9.47. The van der Waals surface area contributed by atoms with Crippen LogP contribution in [0.25, 0.3) is 22.3 Å². The van der Waals surface area contributed by atoms with E-state index in [0.29, 0.717) is 29.2 Å². The molecule has 0 aliphatic carbocycles. The highest BCUT2D eigenvalue weighted by atomic mass is 16.5. The standard InChI is InChI=1S/C20H24N8O/c1-5-20(2,3)28-10-9-13(25-28)11-27-12-15(24-26-27)17-14-7-6-8-16(29-4)18(14)23-19(21)22-17/h6-10,12H,5,11H2,1-4H3,(H2,21,22,23). The van der Waals surface area contributed by atoms with Crippen LogP contribution in [0.4, 0.5) is 5.95 Å². The van der Waals surface area contributed by atoms with Gasteiger partial charge in [0.1, 0.15) is 22.7 Å². The minimum atomic E-state index is -0.0256. The van der Waals surface area contributed by atoms with Crippen molar-refractivity contribution in [3.8, 4) is 17.1 Å². The largest absolute Gasteiger partial charge is 0.494 e. The number of anilines is 1. The van der Waals surface area contributed by atoms with Crippen LogP contribution >= 0.6 is 0 Å². The Morgan fingerprint density at radius 3 is 2.76 bits per heavy atom. The van der Waals surface area contributed by atoms with Gasteiger partial charge in [-0.05, 0) is 32.4 Å². The molecule has 0 spiro atoms. The number of aromatic nitrogens is 7. The number of fused-ring (bicyclic) bond motifs is 1. The SMILES string of the molecule is CCC(C)(C)n1ccc(Cn2cc(-c3nc(N)nc4c(OC)cccc34)nn2)n1. The Kier molecular flexibility index (Phi) is 4.65. The molecule has 0 fully saturated rings. The van der Waals surface area contributed by atoms with E-state index < -0.39 is 0 Å². The Morgan fingerprint density at radius 1 is 1.17 bits per heavy atom. The Morgan fingerprint density at radius 2 is 2.00 bits per heavy atom. The summed E-state index contributed by atoms with van der Waals surface area (Å²) in [5.74, 6) is 0.793. The Bertz CT molecular complexity index is 1160. The number of hydrogen-bond acceptors (Lipinski definition) is 7. The summed E-state index contributed by atoms with van der Waals surface area (Å²) in [6, 6.07) is 7.64. The average Bonchev–Trinajstić information content (AvgIpc) is 3.37. The molecular weight excluding hydrogens is 368 g/mol. The zero-order chi connectivity index (χ0) is 20.6. The molecule has 0 saturated heterocycles. The molecule has 9 nitrogen and oxygen atoms in total. The molecule has 0 aliphatic heterocycles. The van der Waals surface area contributed by atoms with Gasteiger partial charge in [0.25, 0.3) is 0 Å². The summed E-state index contributed by atoms with van der Waals surface area (Å²) in [7, 11) is 1.60. The van der Waals surface area contributed by atoms with E-state index in [1.54, 1.807) is 11.8 Å². The van der Waals surface area contributed by atoms with Crippen LogP contribution in [0.3, 0.4) is 0 Å². The van der Waals surface area contributed by atoms with Gasteiger partial charge in [0.2, 0.25) is 5.95 Å². The molecule has 150 valence electrons. The molecule has 0 aliphatic rings. The van der Waals surface area contributed by atoms with Gasteiger partial charge in [-0.15, -0.1) is 5.10 Å². The van der Waals surface area contributed by atoms with Crippen LogP contribution < -0.4 is 10.5 Å². The molecule has 1 aromatic carbocycles. The highest BCUT2D eigenvalue weighted by Gasteiger charge is 2.19. The van der Waals surface area contributed by atoms with E-state index in [2.05, 4.69) is 46.1 Å². The van der Waals surface area contributed by atoms with E-state index in [4.69, 9.17) is 10.5 Å². The number of benzene rings is 1. The normalized spacial score (nSPS) is 11.9. The minimum absolute atomic E-state index is 0.0256. The van der Waals surface area contributed by atoms with Gasteiger partial charge in [0.05, 0.1) is 31.1 Å². The van der Waals surface area contributed by atoms with Gasteiger partial charge < -0.3 is 10.5 Å². The fourth-order valence-electron chi connectivity index (χ4n) is 3.10. The topological polar surface area (TPSA) is 110 Å². The third-order valence-electron chi connectivity index (χ3n) is 5.16. The maximum Gasteiger partial charge on any atom is 0.221 e. The van der Waals surface area contributed by atoms with Crippen molar-refractivity contribution in [3.63, 3.8) is 0 Å². The number of para-hydroxylation sites is 1. The van der Waals surface area contributed by atoms with Gasteiger partial charge in [-0.2, -0.15) is 5.10 Å². The molecule has 4 rings (SSSR count). The smallest absolute Gasteiger partial charge is 0.221 e. The number of rotatable bonds is 6. The Balaban J connectivity index is 1.67. The highest BCUT2D eigenvalue weighted by Crippen LogP contribution is 2.30. The molecular formula is C20H24N8O. The van der Waals surface area contributed by atoms with Gasteiger partial charge in [-0.1, -0.05) is 24.3 Å². The van der Waals surface area contributed by atoms with Crippen molar-refractivity contribution >= 4 is 16.9 Å². The lowest BCUT2D eigenvalue weighted by Gasteiger charge is -2.23. The Hall–Kier alpha value is -3.49. The fraction of sp³-hybridized carbons (Fsp3) is 0.350. The van der Waals surface area contributed by atoms with Crippen molar-refractivity contribution in [2.75, 3.05) is 12.8 Å². The fourth-order valence-corrected chi connectivity index (χ4v) is 3.10. The third-order valence-corrected chi connectivity index (χ3v) is 5.16. The maximum atomic E-state index is 5.93. The summed E-state index contributed by atoms with van der Waals surface area (Å²) >= 11 is 0. The van der Waals surface area contributed by atoms with Crippen LogP contribution in [0.5, 0.6) is 5.75 Å². The van der Waals surface area contributed by atoms with Crippen LogP contribution in [0.2, 0.25) is 0 Å². The molecule has 2 N–H and O–H groups in total. The molecule has 3 aromatic heterocycles. The monoisotopic (exact) mass is 392 g/mol. The summed E-state index contributed by atoms with van der Waals surface area (Å²) in [6.07, 6.45) is 4.83. The molecule has 29 heavy (non-hydrogen) atoms. The highest BCUT2D eigenvalue weighted by molar-refractivity contribution is 5.95. The molecule has 0 bridgehead atoms. The van der Waals surface area contributed by atoms with Crippen LogP contribution in [0.15, 0.2) is 36.7 Å². The Labute approximate surface area is 168 Å². The van der Waals surface area contributed by atoms with E-state index in [-0.39, 0.29) is 11.5 Å². The number of nitrogens with two attached hydrogens (primary N) is 1. The van der Waals surface area contributed by atoms with Crippen LogP contribution in [-0.2, 0) is 12.1 Å². The predicted octanol–water partition coefficient (Wildman–Crippen LogP) is 2.87. The first kappa shape index (κ1) is 18.9. The molecule has 0 unspecified atom stereocenters. The summed E-state index contributed by atoms with van der Waals surface area (Å²) in [5, 5.41) is 14.0. The predicted molar refractivity (Wildman–Crippen MR) is 110 cm³/mol. The second kappa shape index (κ2) is 7.16. The van der Waals surface area contributed by atoms with Gasteiger partial charge in [-0.3, -0.25) is 4.68 Å². The minimum Gasteiger partial charge on any atom is -0.494 e. The number of nitrogens with zero attached hydrogens (tertiary/aromatic N) is 7. The van der Waals surface area contributed by atoms with Gasteiger partial charge in [0.15, 0.2) is 0 Å². The molecule has 0 saturated carbocycles. The second-order valence-electron chi connectivity index (χ2n) is 7.51. The van der Waals surface area contributed by atoms with E-state index in [9.17, 15) is 0 Å². The first-order valence-corrected chi connectivity index (χ1v) is 9.47. The van der Waals surface area contributed by atoms with E-state index in [1.807, 2.05) is 41.3 Å². The molecule has 0 amide bonds. The van der Waals surface area contributed by atoms with Gasteiger partial charge in [0, 0.05) is 11.6 Å². The van der Waals surface area contributed by atoms with Crippen molar-refractivity contribution in [1.29, 1.82) is 0 Å². The lowest BCUT2D eigenvalue weighted by molar-refractivity contribution is 0.305. The van der Waals surface area contributed by atoms with Crippen LogP contribution in [0.1, 0.15) is 32.9 Å². The molecule has 0 radical (unpaired) electrons. The summed E-state index contributed by atoms with van der Waals surface area (Å²) in [5.41, 5.74) is 8.70. The molecule has 9 heteroatoms. The lowest BCUT2D eigenvalue weighted by Crippen LogP contribution is -2.25. The van der Waals surface area contributed by atoms with Crippen molar-refractivity contribution in [3.05, 3.63) is 42.4 Å². The summed E-state index contributed by atoms with van der Waals surface area (Å²) in [4.78, 5) is 8.71. The summed E-state index contributed by atoms with van der Waals surface area (Å²) in [6.45, 7) is 6.99. The quantitative estimate of drug-likeness (QED) is 0.537. The van der Waals surface area contributed by atoms with Gasteiger partial charge in [-0.25, -0.2) is 14.6 Å². The van der Waals surface area contributed by atoms with Gasteiger partial charge >= 0.3 is 0 Å². The zero-order valence-corrected chi connectivity index (χ0v) is 17.0. The van der Waals surface area contributed by atoms with E-state index >= 15 is 0 Å².